The van der Waals surface area contributed by atoms with E-state index in [4.69, 9.17) is 4.74 Å². The Balaban J connectivity index is 1.70. The standard InChI is InChI=1S/C24H36N2O/c1-3-5-7-8-9-10-12-18-27-23-16-14-22(15-17-23)24-25-19-21(20-26-24)13-11-6-4-2/h14-17,19-20H,3-13,18H2,1-2H3. The van der Waals surface area contributed by atoms with Crippen LogP contribution in [0.3, 0.4) is 0 Å². The summed E-state index contributed by atoms with van der Waals surface area (Å²) in [5, 5.41) is 0. The fraction of sp³-hybridized carbons (Fsp3) is 0.583. The predicted molar refractivity (Wildman–Crippen MR) is 114 cm³/mol. The maximum Gasteiger partial charge on any atom is 0.159 e. The summed E-state index contributed by atoms with van der Waals surface area (Å²) in [5.41, 5.74) is 2.26. The van der Waals surface area contributed by atoms with E-state index in [2.05, 4.69) is 23.8 Å². The molecule has 2 rings (SSSR count). The van der Waals surface area contributed by atoms with Crippen molar-refractivity contribution in [1.82, 2.24) is 9.97 Å². The molecule has 0 unspecified atom stereocenters. The van der Waals surface area contributed by atoms with Crippen molar-refractivity contribution in [3.63, 3.8) is 0 Å². The van der Waals surface area contributed by atoms with Gasteiger partial charge < -0.3 is 4.74 Å². The van der Waals surface area contributed by atoms with E-state index >= 15 is 0 Å². The van der Waals surface area contributed by atoms with E-state index in [-0.39, 0.29) is 0 Å². The summed E-state index contributed by atoms with van der Waals surface area (Å²) in [5.74, 6) is 1.72. The van der Waals surface area contributed by atoms with Crippen molar-refractivity contribution >= 4 is 0 Å². The Kier molecular flexibility index (Phi) is 10.5. The molecule has 3 heteroatoms. The molecule has 0 aliphatic heterocycles. The number of hydrogen-bond donors (Lipinski definition) is 0. The molecule has 3 nitrogen and oxygen atoms in total. The number of rotatable bonds is 14. The van der Waals surface area contributed by atoms with Gasteiger partial charge in [0.05, 0.1) is 6.61 Å². The summed E-state index contributed by atoms with van der Waals surface area (Å²) < 4.78 is 5.86. The van der Waals surface area contributed by atoms with Crippen LogP contribution in [-0.2, 0) is 6.42 Å². The molecule has 148 valence electrons. The van der Waals surface area contributed by atoms with Crippen LogP contribution in [0.4, 0.5) is 0 Å². The highest BCUT2D eigenvalue weighted by molar-refractivity contribution is 5.55. The molecule has 1 heterocycles. The fourth-order valence-corrected chi connectivity index (χ4v) is 3.16. The topological polar surface area (TPSA) is 35.0 Å². The van der Waals surface area contributed by atoms with Crippen LogP contribution >= 0.6 is 0 Å². The Labute approximate surface area is 165 Å². The maximum atomic E-state index is 5.86. The van der Waals surface area contributed by atoms with Gasteiger partial charge in [0.2, 0.25) is 0 Å². The first-order valence-corrected chi connectivity index (χ1v) is 10.9. The van der Waals surface area contributed by atoms with Crippen LogP contribution in [-0.4, -0.2) is 16.6 Å². The number of ether oxygens (including phenoxy) is 1. The van der Waals surface area contributed by atoms with Crippen molar-refractivity contribution in [2.24, 2.45) is 0 Å². The molecule has 0 fully saturated rings. The van der Waals surface area contributed by atoms with E-state index in [0.29, 0.717) is 0 Å². The highest BCUT2D eigenvalue weighted by atomic mass is 16.5. The zero-order chi connectivity index (χ0) is 19.2. The molecule has 0 saturated heterocycles. The lowest BCUT2D eigenvalue weighted by atomic mass is 10.1. The van der Waals surface area contributed by atoms with Crippen molar-refractivity contribution in [1.29, 1.82) is 0 Å². The number of benzene rings is 1. The van der Waals surface area contributed by atoms with Crippen molar-refractivity contribution in [3.05, 3.63) is 42.2 Å². The van der Waals surface area contributed by atoms with Crippen LogP contribution in [0.5, 0.6) is 5.75 Å². The molecule has 1 aromatic carbocycles. The average Bonchev–Trinajstić information content (AvgIpc) is 2.71. The van der Waals surface area contributed by atoms with Crippen LogP contribution in [0.2, 0.25) is 0 Å². The summed E-state index contributed by atoms with van der Waals surface area (Å²) >= 11 is 0. The third kappa shape index (κ3) is 8.55. The monoisotopic (exact) mass is 368 g/mol. The van der Waals surface area contributed by atoms with Crippen LogP contribution < -0.4 is 4.74 Å². The van der Waals surface area contributed by atoms with E-state index in [0.717, 1.165) is 36.6 Å². The number of unbranched alkanes of at least 4 members (excludes halogenated alkanes) is 8. The van der Waals surface area contributed by atoms with Gasteiger partial charge in [0.1, 0.15) is 5.75 Å². The first kappa shape index (κ1) is 21.4. The second-order valence-electron chi connectivity index (χ2n) is 7.37. The Morgan fingerprint density at radius 2 is 1.30 bits per heavy atom. The maximum absolute atomic E-state index is 5.86. The summed E-state index contributed by atoms with van der Waals surface area (Å²) in [6.07, 6.45) is 17.9. The normalized spacial score (nSPS) is 10.9. The van der Waals surface area contributed by atoms with Crippen molar-refractivity contribution in [2.75, 3.05) is 6.61 Å². The number of nitrogens with zero attached hydrogens (tertiary/aromatic N) is 2. The fourth-order valence-electron chi connectivity index (χ4n) is 3.16. The Bertz CT molecular complexity index is 607. The Morgan fingerprint density at radius 3 is 1.96 bits per heavy atom. The molecule has 0 saturated carbocycles. The lowest BCUT2D eigenvalue weighted by molar-refractivity contribution is 0.304. The Hall–Kier alpha value is -1.90. The molecule has 1 aromatic heterocycles. The molecule has 27 heavy (non-hydrogen) atoms. The van der Waals surface area contributed by atoms with Gasteiger partial charge in [-0.2, -0.15) is 0 Å². The van der Waals surface area contributed by atoms with Crippen LogP contribution in [0, 0.1) is 0 Å². The van der Waals surface area contributed by atoms with Crippen LogP contribution in [0.1, 0.15) is 83.6 Å². The number of aromatic nitrogens is 2. The molecular weight excluding hydrogens is 332 g/mol. The third-order valence-electron chi connectivity index (χ3n) is 4.90. The van der Waals surface area contributed by atoms with E-state index < -0.39 is 0 Å². The van der Waals surface area contributed by atoms with Crippen LogP contribution in [0.15, 0.2) is 36.7 Å². The van der Waals surface area contributed by atoms with Gasteiger partial charge >= 0.3 is 0 Å². The average molecular weight is 369 g/mol. The molecule has 0 N–H and O–H groups in total. The van der Waals surface area contributed by atoms with Gasteiger partial charge in [-0.25, -0.2) is 9.97 Å². The first-order chi connectivity index (χ1) is 13.3. The molecule has 0 spiro atoms. The molecular formula is C24H36N2O. The summed E-state index contributed by atoms with van der Waals surface area (Å²) in [6, 6.07) is 8.14. The zero-order valence-electron chi connectivity index (χ0n) is 17.3. The Morgan fingerprint density at radius 1 is 0.704 bits per heavy atom. The van der Waals surface area contributed by atoms with Gasteiger partial charge in [-0.15, -0.1) is 0 Å². The number of aryl methyl sites for hydroxylation is 1. The minimum Gasteiger partial charge on any atom is -0.494 e. The molecule has 0 atom stereocenters. The van der Waals surface area contributed by atoms with Gasteiger partial charge in [0, 0.05) is 18.0 Å². The van der Waals surface area contributed by atoms with Gasteiger partial charge in [-0.1, -0.05) is 65.2 Å². The quantitative estimate of drug-likeness (QED) is 0.336. The minimum absolute atomic E-state index is 0.785. The van der Waals surface area contributed by atoms with Gasteiger partial charge in [0.25, 0.3) is 0 Å². The van der Waals surface area contributed by atoms with E-state index in [1.807, 2.05) is 36.7 Å². The largest absolute Gasteiger partial charge is 0.494 e. The van der Waals surface area contributed by atoms with Crippen molar-refractivity contribution in [2.45, 2.75) is 84.5 Å². The highest BCUT2D eigenvalue weighted by Crippen LogP contribution is 2.20. The molecule has 0 aliphatic rings. The highest BCUT2D eigenvalue weighted by Gasteiger charge is 2.03. The van der Waals surface area contributed by atoms with Gasteiger partial charge in [-0.3, -0.25) is 0 Å². The lowest BCUT2D eigenvalue weighted by Gasteiger charge is -2.07. The number of hydrogen-bond acceptors (Lipinski definition) is 3. The second kappa shape index (κ2) is 13.3. The molecule has 0 amide bonds. The molecule has 2 aromatic rings. The lowest BCUT2D eigenvalue weighted by Crippen LogP contribution is -1.97. The summed E-state index contributed by atoms with van der Waals surface area (Å²) in [7, 11) is 0. The van der Waals surface area contributed by atoms with E-state index in [1.165, 1.54) is 63.4 Å². The SMILES string of the molecule is CCCCCCCCCOc1ccc(-c2ncc(CCCCC)cn2)cc1. The zero-order valence-corrected chi connectivity index (χ0v) is 17.3. The predicted octanol–water partition coefficient (Wildman–Crippen LogP) is 7.01. The smallest absolute Gasteiger partial charge is 0.159 e. The summed E-state index contributed by atoms with van der Waals surface area (Å²) in [4.78, 5) is 9.04. The van der Waals surface area contributed by atoms with Crippen molar-refractivity contribution in [3.8, 4) is 17.1 Å². The van der Waals surface area contributed by atoms with Gasteiger partial charge in [0.15, 0.2) is 5.82 Å². The molecule has 0 bridgehead atoms. The van der Waals surface area contributed by atoms with Crippen molar-refractivity contribution < 1.29 is 4.74 Å². The molecule has 0 aliphatic carbocycles. The van der Waals surface area contributed by atoms with E-state index in [9.17, 15) is 0 Å². The molecule has 0 radical (unpaired) electrons. The third-order valence-corrected chi connectivity index (χ3v) is 4.90. The summed E-state index contributed by atoms with van der Waals surface area (Å²) in [6.45, 7) is 5.28. The van der Waals surface area contributed by atoms with Gasteiger partial charge in [-0.05, 0) is 49.1 Å². The van der Waals surface area contributed by atoms with E-state index in [1.54, 1.807) is 0 Å². The minimum atomic E-state index is 0.785. The van der Waals surface area contributed by atoms with Crippen LogP contribution in [0.25, 0.3) is 11.4 Å². The second-order valence-corrected chi connectivity index (χ2v) is 7.37. The first-order valence-electron chi connectivity index (χ1n) is 10.9.